The van der Waals surface area contributed by atoms with Crippen LogP contribution in [0.4, 0.5) is 0 Å². The number of aromatic amines is 1. The molecule has 164 valence electrons. The van der Waals surface area contributed by atoms with Crippen LogP contribution in [0.25, 0.3) is 11.5 Å². The lowest BCUT2D eigenvalue weighted by Crippen LogP contribution is -2.54. The summed E-state index contributed by atoms with van der Waals surface area (Å²) in [6.07, 6.45) is 2.95. The molecule has 1 unspecified atom stereocenters. The molecule has 0 spiro atoms. The number of nitrogens with zero attached hydrogens (tertiary/aromatic N) is 4. The lowest BCUT2D eigenvalue weighted by molar-refractivity contribution is -0.138. The predicted octanol–water partition coefficient (Wildman–Crippen LogP) is 1.62. The molecule has 4 heterocycles. The largest absolute Gasteiger partial charge is 0.442 e. The van der Waals surface area contributed by atoms with Crippen LogP contribution in [0, 0.1) is 5.92 Å². The number of piperazine rings is 1. The third-order valence-electron chi connectivity index (χ3n) is 6.03. The number of rotatable bonds is 5. The van der Waals surface area contributed by atoms with Crippen molar-refractivity contribution < 1.29 is 17.6 Å². The summed E-state index contributed by atoms with van der Waals surface area (Å²) in [5, 5.41) is 6.51. The van der Waals surface area contributed by atoms with E-state index < -0.39 is 10.0 Å². The molecule has 4 rings (SSSR count). The van der Waals surface area contributed by atoms with Gasteiger partial charge in [0.2, 0.25) is 11.0 Å². The van der Waals surface area contributed by atoms with Gasteiger partial charge in [0.25, 0.3) is 10.0 Å². The van der Waals surface area contributed by atoms with E-state index in [-0.39, 0.29) is 23.5 Å². The molecule has 2 saturated heterocycles. The van der Waals surface area contributed by atoms with E-state index in [1.807, 2.05) is 4.90 Å². The first-order valence-electron chi connectivity index (χ1n) is 10.5. The number of amides is 1. The van der Waals surface area contributed by atoms with E-state index in [0.717, 1.165) is 13.1 Å². The molecule has 2 aromatic rings. The highest BCUT2D eigenvalue weighted by Gasteiger charge is 2.37. The molecule has 0 saturated carbocycles. The van der Waals surface area contributed by atoms with Gasteiger partial charge in [0, 0.05) is 51.5 Å². The molecule has 9 nitrogen and oxygen atoms in total. The van der Waals surface area contributed by atoms with Crippen molar-refractivity contribution in [2.45, 2.75) is 37.8 Å². The van der Waals surface area contributed by atoms with Crippen molar-refractivity contribution >= 4 is 15.9 Å². The Bertz CT molecular complexity index is 961. The normalized spacial score (nSPS) is 22.0. The molecule has 0 radical (unpaired) electrons. The van der Waals surface area contributed by atoms with Crippen molar-refractivity contribution in [2.24, 2.45) is 5.92 Å². The van der Waals surface area contributed by atoms with Gasteiger partial charge in [-0.25, -0.2) is 8.42 Å². The van der Waals surface area contributed by atoms with Crippen LogP contribution in [0.5, 0.6) is 0 Å². The molecule has 0 aromatic carbocycles. The highest BCUT2D eigenvalue weighted by Crippen LogP contribution is 2.29. The van der Waals surface area contributed by atoms with Crippen LogP contribution in [0.2, 0.25) is 0 Å². The number of carbonyl (C=O) groups excluding carboxylic acids is 1. The lowest BCUT2D eigenvalue weighted by Gasteiger charge is -2.39. The fourth-order valence-corrected chi connectivity index (χ4v) is 5.64. The smallest absolute Gasteiger partial charge is 0.276 e. The van der Waals surface area contributed by atoms with Crippen LogP contribution in [0.1, 0.15) is 26.7 Å². The Hall–Kier alpha value is -2.17. The van der Waals surface area contributed by atoms with Gasteiger partial charge in [-0.15, -0.1) is 0 Å². The number of aromatic nitrogens is 2. The van der Waals surface area contributed by atoms with Crippen LogP contribution in [0.3, 0.4) is 0 Å². The molecule has 10 heteroatoms. The maximum absolute atomic E-state index is 13.1. The zero-order chi connectivity index (χ0) is 21.3. The Balaban J connectivity index is 1.42. The second-order valence-electron chi connectivity index (χ2n) is 8.25. The number of carbonyl (C=O) groups is 1. The van der Waals surface area contributed by atoms with Gasteiger partial charge in [-0.05, 0) is 44.9 Å². The van der Waals surface area contributed by atoms with Crippen LogP contribution in [-0.4, -0.2) is 83.9 Å². The van der Waals surface area contributed by atoms with Gasteiger partial charge in [0.05, 0.1) is 5.92 Å². The Labute approximate surface area is 177 Å². The molecule has 1 atom stereocenters. The number of furan rings is 1. The van der Waals surface area contributed by atoms with E-state index in [1.165, 1.54) is 10.4 Å². The first kappa shape index (κ1) is 21.1. The van der Waals surface area contributed by atoms with E-state index in [9.17, 15) is 13.2 Å². The Morgan fingerprint density at radius 1 is 1.17 bits per heavy atom. The van der Waals surface area contributed by atoms with Crippen LogP contribution in [-0.2, 0) is 14.8 Å². The number of piperidine rings is 1. The number of hydrogen-bond donors (Lipinski definition) is 1. The first-order valence-corrected chi connectivity index (χ1v) is 11.9. The number of H-pyrrole nitrogens is 1. The summed E-state index contributed by atoms with van der Waals surface area (Å²) in [6.45, 7) is 8.04. The summed E-state index contributed by atoms with van der Waals surface area (Å²) >= 11 is 0. The quantitative estimate of drug-likeness (QED) is 0.766. The molecular weight excluding hydrogens is 406 g/mol. The van der Waals surface area contributed by atoms with Crippen LogP contribution in [0.15, 0.2) is 33.9 Å². The first-order chi connectivity index (χ1) is 14.4. The summed E-state index contributed by atoms with van der Waals surface area (Å²) in [5.41, 5.74) is 0.615. The Kier molecular flexibility index (Phi) is 5.99. The minimum atomic E-state index is -3.80. The minimum Gasteiger partial charge on any atom is -0.442 e. The van der Waals surface area contributed by atoms with Crippen molar-refractivity contribution in [1.82, 2.24) is 24.3 Å². The summed E-state index contributed by atoms with van der Waals surface area (Å²) in [7, 11) is -3.80. The maximum Gasteiger partial charge on any atom is 0.276 e. The Morgan fingerprint density at radius 3 is 2.60 bits per heavy atom. The van der Waals surface area contributed by atoms with Crippen LogP contribution < -0.4 is 0 Å². The monoisotopic (exact) mass is 435 g/mol. The summed E-state index contributed by atoms with van der Waals surface area (Å²) in [4.78, 5) is 17.3. The van der Waals surface area contributed by atoms with Gasteiger partial charge >= 0.3 is 0 Å². The van der Waals surface area contributed by atoms with Gasteiger partial charge < -0.3 is 9.32 Å². The van der Waals surface area contributed by atoms with Gasteiger partial charge in [-0.3, -0.25) is 14.8 Å². The summed E-state index contributed by atoms with van der Waals surface area (Å²) in [6, 6.07) is 5.25. The fraction of sp³-hybridized carbons (Fsp3) is 0.600. The van der Waals surface area contributed by atoms with Gasteiger partial charge in [0.15, 0.2) is 5.76 Å². The third-order valence-corrected chi connectivity index (χ3v) is 7.77. The van der Waals surface area contributed by atoms with Gasteiger partial charge in [-0.2, -0.15) is 9.40 Å². The molecular formula is C20H29N5O4S. The summed E-state index contributed by atoms with van der Waals surface area (Å²) in [5.74, 6) is 0.177. The minimum absolute atomic E-state index is 0.0656. The zero-order valence-electron chi connectivity index (χ0n) is 17.5. The zero-order valence-corrected chi connectivity index (χ0v) is 18.3. The molecule has 0 aliphatic carbocycles. The topological polar surface area (TPSA) is 103 Å². The average molecular weight is 436 g/mol. The second-order valence-corrected chi connectivity index (χ2v) is 10.1. The molecule has 2 aliphatic heterocycles. The van der Waals surface area contributed by atoms with E-state index in [4.69, 9.17) is 4.42 Å². The van der Waals surface area contributed by atoms with Crippen molar-refractivity contribution in [3.05, 3.63) is 24.4 Å². The van der Waals surface area contributed by atoms with Crippen LogP contribution >= 0.6 is 0 Å². The van der Waals surface area contributed by atoms with E-state index in [1.54, 1.807) is 18.3 Å². The Morgan fingerprint density at radius 2 is 1.93 bits per heavy atom. The highest BCUT2D eigenvalue weighted by atomic mass is 32.2. The van der Waals surface area contributed by atoms with Crippen molar-refractivity contribution in [3.63, 3.8) is 0 Å². The summed E-state index contributed by atoms with van der Waals surface area (Å²) < 4.78 is 33.2. The molecule has 0 bridgehead atoms. The van der Waals surface area contributed by atoms with Crippen molar-refractivity contribution in [1.29, 1.82) is 0 Å². The van der Waals surface area contributed by atoms with E-state index in [2.05, 4.69) is 28.9 Å². The third kappa shape index (κ3) is 4.17. The predicted molar refractivity (Wildman–Crippen MR) is 111 cm³/mol. The number of hydrogen-bond acceptors (Lipinski definition) is 6. The van der Waals surface area contributed by atoms with Crippen molar-refractivity contribution in [3.8, 4) is 11.5 Å². The molecule has 2 aromatic heterocycles. The molecule has 2 fully saturated rings. The fourth-order valence-electron chi connectivity index (χ4n) is 4.20. The molecule has 2 aliphatic rings. The van der Waals surface area contributed by atoms with E-state index in [0.29, 0.717) is 50.0 Å². The highest BCUT2D eigenvalue weighted by molar-refractivity contribution is 7.89. The van der Waals surface area contributed by atoms with Crippen molar-refractivity contribution in [2.75, 3.05) is 39.3 Å². The molecule has 30 heavy (non-hydrogen) atoms. The van der Waals surface area contributed by atoms with E-state index >= 15 is 0 Å². The SMILES string of the molecule is CC(C)N1CCN(C(=O)C2CCCN(S(=O)(=O)c3ccc(-c4ccn[nH]4)o3)C2)CC1. The molecule has 1 amide bonds. The second kappa shape index (κ2) is 8.52. The number of nitrogens with one attached hydrogen (secondary N) is 1. The molecule has 1 N–H and O–H groups in total. The maximum atomic E-state index is 13.1. The average Bonchev–Trinajstić information content (AvgIpc) is 3.45. The lowest BCUT2D eigenvalue weighted by atomic mass is 9.97. The standard InChI is InChI=1S/C20H29N5O4S/c1-15(2)23-10-12-24(13-11-23)20(26)16-4-3-9-25(14-16)30(27,28)19-6-5-18(29-19)17-7-8-21-22-17/h5-8,15-16H,3-4,9-14H2,1-2H3,(H,21,22). The van der Waals surface area contributed by atoms with Gasteiger partial charge in [-0.1, -0.05) is 0 Å². The van der Waals surface area contributed by atoms with Gasteiger partial charge in [0.1, 0.15) is 5.69 Å². The number of sulfonamides is 1.